The van der Waals surface area contributed by atoms with Crippen LogP contribution in [0.5, 0.6) is 5.75 Å². The number of ether oxygens (including phenoxy) is 2. The third-order valence-corrected chi connectivity index (χ3v) is 7.58. The van der Waals surface area contributed by atoms with Gasteiger partial charge in [0.25, 0.3) is 5.91 Å². The lowest BCUT2D eigenvalue weighted by Gasteiger charge is -2.29. The molecule has 0 aliphatic carbocycles. The van der Waals surface area contributed by atoms with Crippen LogP contribution in [0, 0.1) is 0 Å². The molecule has 1 aromatic heterocycles. The van der Waals surface area contributed by atoms with Crippen molar-refractivity contribution in [2.45, 2.75) is 11.8 Å². The lowest BCUT2D eigenvalue weighted by molar-refractivity contribution is 0.0391. The highest BCUT2D eigenvalue weighted by atomic mass is 32.2. The zero-order chi connectivity index (χ0) is 23.4. The van der Waals surface area contributed by atoms with Crippen LogP contribution in [0.25, 0.3) is 10.2 Å². The fourth-order valence-corrected chi connectivity index (χ4v) is 5.26. The first-order chi connectivity index (χ1) is 15.8. The fourth-order valence-electron chi connectivity index (χ4n) is 3.62. The van der Waals surface area contributed by atoms with E-state index in [9.17, 15) is 13.2 Å². The molecule has 1 aliphatic rings. The molecule has 33 heavy (non-hydrogen) atoms. The average Bonchev–Trinajstić information content (AvgIpc) is 3.22. The molecule has 0 bridgehead atoms. The fraction of sp³-hybridized carbons (Fsp3) is 0.391. The van der Waals surface area contributed by atoms with Crippen molar-refractivity contribution in [2.75, 3.05) is 57.2 Å². The summed E-state index contributed by atoms with van der Waals surface area (Å²) in [6.07, 6.45) is 1.15. The number of hydrogen-bond acceptors (Lipinski definition) is 8. The molecule has 8 nitrogen and oxygen atoms in total. The molecule has 1 fully saturated rings. The number of hydrogen-bond donors (Lipinski definition) is 0. The Labute approximate surface area is 197 Å². The van der Waals surface area contributed by atoms with Crippen LogP contribution in [0.3, 0.4) is 0 Å². The Balaban J connectivity index is 1.63. The Morgan fingerprint density at radius 2 is 1.91 bits per heavy atom. The van der Waals surface area contributed by atoms with Crippen molar-refractivity contribution in [2.24, 2.45) is 0 Å². The Morgan fingerprint density at radius 3 is 2.58 bits per heavy atom. The van der Waals surface area contributed by atoms with Crippen LogP contribution in [-0.4, -0.2) is 76.5 Å². The Morgan fingerprint density at radius 1 is 1.18 bits per heavy atom. The molecule has 1 saturated heterocycles. The van der Waals surface area contributed by atoms with Crippen molar-refractivity contribution < 1.29 is 22.7 Å². The summed E-state index contributed by atoms with van der Waals surface area (Å²) in [6, 6.07) is 11.8. The predicted octanol–water partition coefficient (Wildman–Crippen LogP) is 3.08. The summed E-state index contributed by atoms with van der Waals surface area (Å²) in [5.74, 6) is 0.551. The van der Waals surface area contributed by atoms with Gasteiger partial charge < -0.3 is 9.47 Å². The molecule has 3 aromatic rings. The Hall–Kier alpha value is -2.53. The number of carbonyl (C=O) groups is 1. The van der Waals surface area contributed by atoms with Crippen LogP contribution in [0.2, 0.25) is 0 Å². The van der Waals surface area contributed by atoms with Gasteiger partial charge in [0, 0.05) is 38.0 Å². The topological polar surface area (TPSA) is 89.0 Å². The van der Waals surface area contributed by atoms with Crippen molar-refractivity contribution in [3.8, 4) is 5.75 Å². The first-order valence-corrected chi connectivity index (χ1v) is 13.5. The van der Waals surface area contributed by atoms with E-state index in [0.717, 1.165) is 35.3 Å². The number of fused-ring (bicyclic) bond motifs is 1. The Kier molecular flexibility index (Phi) is 7.28. The molecule has 0 saturated carbocycles. The molecular formula is C23H27N3O5S2. The minimum Gasteiger partial charge on any atom is -0.494 e. The molecule has 0 N–H and O–H groups in total. The van der Waals surface area contributed by atoms with Gasteiger partial charge in [0.15, 0.2) is 15.0 Å². The van der Waals surface area contributed by atoms with E-state index in [1.165, 1.54) is 23.5 Å². The maximum Gasteiger partial charge on any atom is 0.260 e. The maximum atomic E-state index is 13.5. The largest absolute Gasteiger partial charge is 0.494 e. The van der Waals surface area contributed by atoms with E-state index in [2.05, 4.69) is 4.90 Å². The molecule has 0 atom stereocenters. The lowest BCUT2D eigenvalue weighted by atomic mass is 10.2. The number of anilines is 1. The second-order valence-electron chi connectivity index (χ2n) is 7.77. The number of benzene rings is 2. The molecule has 10 heteroatoms. The van der Waals surface area contributed by atoms with Crippen molar-refractivity contribution in [1.29, 1.82) is 0 Å². The predicted molar refractivity (Wildman–Crippen MR) is 129 cm³/mol. The van der Waals surface area contributed by atoms with Crippen molar-refractivity contribution in [1.82, 2.24) is 9.88 Å². The van der Waals surface area contributed by atoms with Crippen LogP contribution >= 0.6 is 11.3 Å². The van der Waals surface area contributed by atoms with Crippen molar-refractivity contribution in [3.63, 3.8) is 0 Å². The van der Waals surface area contributed by atoms with Gasteiger partial charge in [-0.15, -0.1) is 0 Å². The summed E-state index contributed by atoms with van der Waals surface area (Å²) in [5.41, 5.74) is 1.22. The molecule has 0 radical (unpaired) electrons. The first kappa shape index (κ1) is 23.6. The van der Waals surface area contributed by atoms with Crippen molar-refractivity contribution in [3.05, 3.63) is 48.0 Å². The smallest absolute Gasteiger partial charge is 0.260 e. The van der Waals surface area contributed by atoms with Gasteiger partial charge in [-0.1, -0.05) is 11.3 Å². The summed E-state index contributed by atoms with van der Waals surface area (Å²) < 4.78 is 35.5. The highest BCUT2D eigenvalue weighted by Gasteiger charge is 2.23. The second kappa shape index (κ2) is 10.2. The SMILES string of the molecule is CCOc1ccc2nc(N(CCN3CCOCC3)C(=O)c3ccc(S(C)(=O)=O)cc3)sc2c1. The number of morpholine rings is 1. The molecule has 4 rings (SSSR count). The van der Waals surface area contributed by atoms with Gasteiger partial charge in [-0.3, -0.25) is 14.6 Å². The molecular weight excluding hydrogens is 462 g/mol. The summed E-state index contributed by atoms with van der Waals surface area (Å²) in [4.78, 5) is 22.3. The van der Waals surface area contributed by atoms with E-state index in [0.29, 0.717) is 43.6 Å². The molecule has 0 spiro atoms. The lowest BCUT2D eigenvalue weighted by Crippen LogP contribution is -2.43. The van der Waals surface area contributed by atoms with Gasteiger partial charge >= 0.3 is 0 Å². The van der Waals surface area contributed by atoms with E-state index in [-0.39, 0.29) is 10.8 Å². The standard InChI is InChI=1S/C23H27N3O5S2/c1-3-31-18-6-9-20-21(16-18)32-23(24-20)26(11-10-25-12-14-30-15-13-25)22(27)17-4-7-19(8-5-17)33(2,28)29/h4-9,16H,3,10-15H2,1-2H3. The van der Waals surface area contributed by atoms with Crippen LogP contribution in [0.4, 0.5) is 5.13 Å². The monoisotopic (exact) mass is 489 g/mol. The zero-order valence-corrected chi connectivity index (χ0v) is 20.3. The molecule has 2 aromatic carbocycles. The van der Waals surface area contributed by atoms with E-state index < -0.39 is 9.84 Å². The van der Waals surface area contributed by atoms with Crippen LogP contribution in [-0.2, 0) is 14.6 Å². The third kappa shape index (κ3) is 5.70. The van der Waals surface area contributed by atoms with Gasteiger partial charge in [-0.25, -0.2) is 13.4 Å². The van der Waals surface area contributed by atoms with Crippen molar-refractivity contribution >= 4 is 42.4 Å². The summed E-state index contributed by atoms with van der Waals surface area (Å²) in [7, 11) is -3.33. The van der Waals surface area contributed by atoms with Gasteiger partial charge in [-0.2, -0.15) is 0 Å². The summed E-state index contributed by atoms with van der Waals surface area (Å²) >= 11 is 1.44. The quantitative estimate of drug-likeness (QED) is 0.480. The number of thiazole rings is 1. The number of rotatable bonds is 8. The molecule has 0 unspecified atom stereocenters. The van der Waals surface area contributed by atoms with E-state index in [1.807, 2.05) is 25.1 Å². The molecule has 2 heterocycles. The number of aromatic nitrogens is 1. The normalized spacial score (nSPS) is 15.0. The van der Waals surface area contributed by atoms with Gasteiger partial charge in [-0.05, 0) is 49.4 Å². The third-order valence-electron chi connectivity index (χ3n) is 5.41. The molecule has 1 aliphatic heterocycles. The van der Waals surface area contributed by atoms with Gasteiger partial charge in [0.1, 0.15) is 5.75 Å². The van der Waals surface area contributed by atoms with E-state index >= 15 is 0 Å². The second-order valence-corrected chi connectivity index (χ2v) is 10.8. The van der Waals surface area contributed by atoms with E-state index in [4.69, 9.17) is 14.5 Å². The van der Waals surface area contributed by atoms with Crippen LogP contribution < -0.4 is 9.64 Å². The number of sulfone groups is 1. The number of nitrogens with zero attached hydrogens (tertiary/aromatic N) is 3. The minimum atomic E-state index is -3.33. The average molecular weight is 490 g/mol. The maximum absolute atomic E-state index is 13.5. The zero-order valence-electron chi connectivity index (χ0n) is 18.7. The first-order valence-electron chi connectivity index (χ1n) is 10.8. The van der Waals surface area contributed by atoms with Crippen LogP contribution in [0.1, 0.15) is 17.3 Å². The minimum absolute atomic E-state index is 0.183. The molecule has 176 valence electrons. The van der Waals surface area contributed by atoms with Crippen LogP contribution in [0.15, 0.2) is 47.4 Å². The highest BCUT2D eigenvalue weighted by Crippen LogP contribution is 2.32. The van der Waals surface area contributed by atoms with Gasteiger partial charge in [0.2, 0.25) is 0 Å². The number of amides is 1. The Bertz CT molecular complexity index is 1220. The summed E-state index contributed by atoms with van der Waals surface area (Å²) in [6.45, 7) is 6.67. The summed E-state index contributed by atoms with van der Waals surface area (Å²) in [5, 5.41) is 0.601. The molecule has 1 amide bonds. The highest BCUT2D eigenvalue weighted by molar-refractivity contribution is 7.90. The number of carbonyl (C=O) groups excluding carboxylic acids is 1. The van der Waals surface area contributed by atoms with Gasteiger partial charge in [0.05, 0.1) is 34.9 Å². The van der Waals surface area contributed by atoms with E-state index in [1.54, 1.807) is 17.0 Å².